The molecule has 0 aliphatic heterocycles. The Morgan fingerprint density at radius 2 is 2.06 bits per heavy atom. The lowest BCUT2D eigenvalue weighted by molar-refractivity contribution is -0.142. The maximum Gasteiger partial charge on any atom is 0.326 e. The first kappa shape index (κ1) is 16.0. The molecule has 0 fully saturated rings. The number of carbonyl (C=O) groups is 3. The smallest absolute Gasteiger partial charge is 0.326 e. The molecule has 0 aromatic rings. The van der Waals surface area contributed by atoms with Crippen LogP contribution in [0.5, 0.6) is 0 Å². The third-order valence-electron chi connectivity index (χ3n) is 2.00. The number of hydrogen-bond donors (Lipinski definition) is 3. The number of aliphatic hydroxyl groups excluding tert-OH is 1. The molecule has 0 saturated heterocycles. The van der Waals surface area contributed by atoms with Crippen molar-refractivity contribution in [3.63, 3.8) is 0 Å². The molecule has 8 nitrogen and oxygen atoms in total. The second-order valence-electron chi connectivity index (χ2n) is 3.76. The van der Waals surface area contributed by atoms with Gasteiger partial charge in [-0.05, 0) is 13.3 Å². The average molecular weight is 257 g/mol. The Bertz CT molecular complexity index is 374. The van der Waals surface area contributed by atoms with Crippen LogP contribution < -0.4 is 5.32 Å². The third kappa shape index (κ3) is 7.26. The fourth-order valence-electron chi connectivity index (χ4n) is 1.19. The fraction of sp³-hybridized carbons (Fsp3) is 0.600. The van der Waals surface area contributed by atoms with Gasteiger partial charge in [0, 0.05) is 6.42 Å². The number of nitrogens with one attached hydrogen (secondary N) is 1. The first-order valence-electron chi connectivity index (χ1n) is 5.27. The molecular formula is C10H15N3O5. The number of carbonyl (C=O) groups excluding carboxylic acids is 2. The monoisotopic (exact) mass is 257 g/mol. The van der Waals surface area contributed by atoms with Crippen LogP contribution in [0.15, 0.2) is 0 Å². The SMILES string of the molecule is CC(O)CC(=O)NC(CCC(=O)C=[N+]=[N-])C(=O)O. The van der Waals surface area contributed by atoms with Crippen molar-refractivity contribution < 1.29 is 29.4 Å². The van der Waals surface area contributed by atoms with Crippen LogP contribution >= 0.6 is 0 Å². The first-order chi connectivity index (χ1) is 8.36. The van der Waals surface area contributed by atoms with Crippen LogP contribution in [0.25, 0.3) is 5.53 Å². The van der Waals surface area contributed by atoms with Crippen molar-refractivity contribution in [3.05, 3.63) is 5.53 Å². The Labute approximate surface area is 103 Å². The third-order valence-corrected chi connectivity index (χ3v) is 2.00. The molecule has 0 aliphatic rings. The van der Waals surface area contributed by atoms with Crippen LogP contribution in [-0.2, 0) is 14.4 Å². The Balaban J connectivity index is 4.32. The molecule has 0 aliphatic carbocycles. The lowest BCUT2D eigenvalue weighted by Crippen LogP contribution is -2.42. The molecule has 8 heteroatoms. The minimum absolute atomic E-state index is 0.119. The summed E-state index contributed by atoms with van der Waals surface area (Å²) in [7, 11) is 0. The fourth-order valence-corrected chi connectivity index (χ4v) is 1.19. The quantitative estimate of drug-likeness (QED) is 0.290. The van der Waals surface area contributed by atoms with Crippen molar-refractivity contribution in [1.29, 1.82) is 0 Å². The van der Waals surface area contributed by atoms with Crippen molar-refractivity contribution in [2.24, 2.45) is 0 Å². The Kier molecular flexibility index (Phi) is 7.18. The highest BCUT2D eigenvalue weighted by atomic mass is 16.4. The van der Waals surface area contributed by atoms with E-state index in [1.54, 1.807) is 0 Å². The zero-order chi connectivity index (χ0) is 14.1. The van der Waals surface area contributed by atoms with Gasteiger partial charge in [-0.1, -0.05) is 0 Å². The molecule has 0 bridgehead atoms. The highest BCUT2D eigenvalue weighted by Crippen LogP contribution is 2.00. The molecule has 0 rings (SSSR count). The molecule has 1 amide bonds. The van der Waals surface area contributed by atoms with E-state index >= 15 is 0 Å². The number of hydrogen-bond acceptors (Lipinski definition) is 4. The van der Waals surface area contributed by atoms with Crippen LogP contribution in [0.4, 0.5) is 0 Å². The number of aliphatic hydroxyl groups is 1. The van der Waals surface area contributed by atoms with Gasteiger partial charge >= 0.3 is 12.2 Å². The molecule has 18 heavy (non-hydrogen) atoms. The molecule has 0 aromatic heterocycles. The number of Topliss-reactive ketones (excluding diaryl/α,β-unsaturated/α-hetero) is 1. The van der Waals surface area contributed by atoms with E-state index in [4.69, 9.17) is 15.7 Å². The molecule has 0 radical (unpaired) electrons. The number of nitrogens with zero attached hydrogens (tertiary/aromatic N) is 2. The predicted molar refractivity (Wildman–Crippen MR) is 59.8 cm³/mol. The van der Waals surface area contributed by atoms with Gasteiger partial charge in [-0.25, -0.2) is 4.79 Å². The van der Waals surface area contributed by atoms with Crippen LogP contribution in [-0.4, -0.2) is 51.0 Å². The van der Waals surface area contributed by atoms with E-state index in [9.17, 15) is 14.4 Å². The zero-order valence-electron chi connectivity index (χ0n) is 9.87. The maximum atomic E-state index is 11.3. The number of amides is 1. The molecule has 0 aromatic carbocycles. The molecule has 0 saturated carbocycles. The number of rotatable bonds is 8. The van der Waals surface area contributed by atoms with E-state index < -0.39 is 29.8 Å². The van der Waals surface area contributed by atoms with Gasteiger partial charge in [-0.2, -0.15) is 4.79 Å². The minimum Gasteiger partial charge on any atom is -0.480 e. The van der Waals surface area contributed by atoms with E-state index in [1.807, 2.05) is 0 Å². The summed E-state index contributed by atoms with van der Waals surface area (Å²) in [4.78, 5) is 35.6. The summed E-state index contributed by atoms with van der Waals surface area (Å²) in [6.45, 7) is 1.40. The summed E-state index contributed by atoms with van der Waals surface area (Å²) in [5.74, 6) is -2.43. The Hall–Kier alpha value is -2.05. The topological polar surface area (TPSA) is 140 Å². The lowest BCUT2D eigenvalue weighted by atomic mass is 10.1. The van der Waals surface area contributed by atoms with Crippen LogP contribution in [0, 0.1) is 0 Å². The molecule has 100 valence electrons. The van der Waals surface area contributed by atoms with Gasteiger partial charge in [0.2, 0.25) is 11.7 Å². The largest absolute Gasteiger partial charge is 0.480 e. The lowest BCUT2D eigenvalue weighted by Gasteiger charge is -2.14. The van der Waals surface area contributed by atoms with Crippen molar-refractivity contribution in [2.75, 3.05) is 0 Å². The van der Waals surface area contributed by atoms with Crippen LogP contribution in [0.1, 0.15) is 26.2 Å². The standard InChI is InChI=1S/C10H15N3O5/c1-6(14)4-9(16)13-8(10(17)18)3-2-7(15)5-12-11/h5-6,8,14H,2-4H2,1H3,(H,13,16)(H,17,18). The Morgan fingerprint density at radius 1 is 1.44 bits per heavy atom. The second kappa shape index (κ2) is 8.10. The van der Waals surface area contributed by atoms with E-state index in [0.717, 1.165) is 0 Å². The van der Waals surface area contributed by atoms with Crippen LogP contribution in [0.3, 0.4) is 0 Å². The van der Waals surface area contributed by atoms with Gasteiger partial charge in [-0.3, -0.25) is 9.59 Å². The average Bonchev–Trinajstić information content (AvgIpc) is 2.23. The normalized spacial score (nSPS) is 13.0. The predicted octanol–water partition coefficient (Wildman–Crippen LogP) is -1.02. The zero-order valence-corrected chi connectivity index (χ0v) is 9.87. The molecule has 0 heterocycles. The van der Waals surface area contributed by atoms with Crippen molar-refractivity contribution in [1.82, 2.24) is 5.32 Å². The number of ketones is 1. The number of carboxylic acid groups (broad SMARTS) is 1. The van der Waals surface area contributed by atoms with Crippen molar-refractivity contribution >= 4 is 23.9 Å². The summed E-state index contributed by atoms with van der Waals surface area (Å²) in [6, 6.07) is -1.22. The van der Waals surface area contributed by atoms with Gasteiger partial charge in [0.1, 0.15) is 6.04 Å². The summed E-state index contributed by atoms with van der Waals surface area (Å²) in [5, 5.41) is 20.0. The molecular weight excluding hydrogens is 242 g/mol. The van der Waals surface area contributed by atoms with Crippen molar-refractivity contribution in [3.8, 4) is 0 Å². The van der Waals surface area contributed by atoms with E-state index in [2.05, 4.69) is 10.1 Å². The van der Waals surface area contributed by atoms with E-state index in [-0.39, 0.29) is 19.3 Å². The van der Waals surface area contributed by atoms with Gasteiger partial charge in [0.25, 0.3) is 0 Å². The summed E-state index contributed by atoms with van der Waals surface area (Å²) in [5.41, 5.74) is 8.09. The van der Waals surface area contributed by atoms with E-state index in [1.165, 1.54) is 6.92 Å². The van der Waals surface area contributed by atoms with Gasteiger partial charge < -0.3 is 21.1 Å². The molecule has 3 N–H and O–H groups in total. The molecule has 2 atom stereocenters. The van der Waals surface area contributed by atoms with Gasteiger partial charge in [-0.15, -0.1) is 0 Å². The highest BCUT2D eigenvalue weighted by molar-refractivity contribution is 6.25. The van der Waals surface area contributed by atoms with Crippen molar-refractivity contribution in [2.45, 2.75) is 38.3 Å². The number of carboxylic acids is 1. The summed E-state index contributed by atoms with van der Waals surface area (Å²) < 4.78 is 0. The molecule has 0 spiro atoms. The minimum atomic E-state index is -1.28. The second-order valence-corrected chi connectivity index (χ2v) is 3.76. The van der Waals surface area contributed by atoms with Gasteiger partial charge in [0.05, 0.1) is 12.5 Å². The summed E-state index contributed by atoms with van der Waals surface area (Å²) >= 11 is 0. The maximum absolute atomic E-state index is 11.3. The van der Waals surface area contributed by atoms with Crippen LogP contribution in [0.2, 0.25) is 0 Å². The summed E-state index contributed by atoms with van der Waals surface area (Å²) in [6.07, 6.45) is -0.712. The molecule has 2 unspecified atom stereocenters. The highest BCUT2D eigenvalue weighted by Gasteiger charge is 2.21. The first-order valence-corrected chi connectivity index (χ1v) is 5.27. The van der Waals surface area contributed by atoms with E-state index in [0.29, 0.717) is 6.21 Å². The van der Waals surface area contributed by atoms with Gasteiger partial charge in [0.15, 0.2) is 0 Å². The Morgan fingerprint density at radius 3 is 2.50 bits per heavy atom. The number of aliphatic carboxylic acids is 1.